The van der Waals surface area contributed by atoms with E-state index in [-0.39, 0.29) is 15.8 Å². The molecule has 21 heavy (non-hydrogen) atoms. The third kappa shape index (κ3) is 3.49. The highest BCUT2D eigenvalue weighted by molar-refractivity contribution is 6.37. The summed E-state index contributed by atoms with van der Waals surface area (Å²) >= 11 is 11.7. The largest absolute Gasteiger partial charge is 0.505 e. The molecule has 0 aromatic heterocycles. The Bertz CT molecular complexity index is 708. The molecule has 0 radical (unpaired) electrons. The van der Waals surface area contributed by atoms with Gasteiger partial charge in [0.05, 0.1) is 28.8 Å². The van der Waals surface area contributed by atoms with Crippen LogP contribution in [0.15, 0.2) is 36.4 Å². The minimum Gasteiger partial charge on any atom is -0.505 e. The van der Waals surface area contributed by atoms with E-state index in [2.05, 4.69) is 6.07 Å². The van der Waals surface area contributed by atoms with Gasteiger partial charge in [-0.3, -0.25) is 0 Å². The lowest BCUT2D eigenvalue weighted by Crippen LogP contribution is -1.85. The molecular weight excluding hydrogens is 309 g/mol. The van der Waals surface area contributed by atoms with Crippen LogP contribution >= 0.6 is 23.2 Å². The van der Waals surface area contributed by atoms with E-state index >= 15 is 0 Å². The van der Waals surface area contributed by atoms with Crippen LogP contribution in [-0.2, 0) is 0 Å². The van der Waals surface area contributed by atoms with Crippen molar-refractivity contribution in [1.29, 1.82) is 5.26 Å². The summed E-state index contributed by atoms with van der Waals surface area (Å²) in [6.45, 7) is 0. The zero-order valence-corrected chi connectivity index (χ0v) is 12.6. The molecule has 0 saturated heterocycles. The van der Waals surface area contributed by atoms with Gasteiger partial charge in [-0.05, 0) is 53.6 Å². The number of halogens is 2. The second kappa shape index (κ2) is 6.53. The Kier molecular flexibility index (Phi) is 4.74. The lowest BCUT2D eigenvalue weighted by molar-refractivity contribution is 0.415. The van der Waals surface area contributed by atoms with Gasteiger partial charge in [0.15, 0.2) is 5.75 Å². The van der Waals surface area contributed by atoms with E-state index in [4.69, 9.17) is 27.9 Å². The van der Waals surface area contributed by atoms with Crippen LogP contribution < -0.4 is 4.74 Å². The lowest BCUT2D eigenvalue weighted by atomic mass is 10.0. The van der Waals surface area contributed by atoms with Crippen molar-refractivity contribution in [2.45, 2.75) is 0 Å². The first kappa shape index (κ1) is 15.2. The number of hydrogen-bond acceptors (Lipinski definition) is 3. The average molecular weight is 320 g/mol. The van der Waals surface area contributed by atoms with Crippen LogP contribution in [-0.4, -0.2) is 12.2 Å². The summed E-state index contributed by atoms with van der Waals surface area (Å²) in [5.74, 6) is 0.546. The van der Waals surface area contributed by atoms with Gasteiger partial charge in [-0.1, -0.05) is 23.2 Å². The van der Waals surface area contributed by atoms with Gasteiger partial charge in [0.1, 0.15) is 5.75 Å². The molecule has 0 aliphatic rings. The normalized spacial score (nSPS) is 11.0. The maximum atomic E-state index is 9.53. The second-order valence-corrected chi connectivity index (χ2v) is 5.05. The Labute approximate surface area is 132 Å². The van der Waals surface area contributed by atoms with E-state index in [0.717, 1.165) is 5.56 Å². The van der Waals surface area contributed by atoms with Gasteiger partial charge >= 0.3 is 0 Å². The molecule has 3 nitrogen and oxygen atoms in total. The van der Waals surface area contributed by atoms with Gasteiger partial charge in [0, 0.05) is 0 Å². The molecule has 0 saturated carbocycles. The number of phenols is 1. The number of nitriles is 1. The number of allylic oxidation sites excluding steroid dienone is 1. The number of aromatic hydroxyl groups is 1. The number of nitrogens with zero attached hydrogens (tertiary/aromatic N) is 1. The third-order valence-electron chi connectivity index (χ3n) is 2.87. The summed E-state index contributed by atoms with van der Waals surface area (Å²) in [4.78, 5) is 0. The van der Waals surface area contributed by atoms with Gasteiger partial charge in [-0.15, -0.1) is 0 Å². The quantitative estimate of drug-likeness (QED) is 0.654. The van der Waals surface area contributed by atoms with E-state index in [1.165, 1.54) is 0 Å². The van der Waals surface area contributed by atoms with Crippen LogP contribution in [0.25, 0.3) is 11.6 Å². The smallest absolute Gasteiger partial charge is 0.152 e. The molecule has 2 rings (SSSR count). The molecule has 106 valence electrons. The fourth-order valence-electron chi connectivity index (χ4n) is 1.79. The number of ether oxygens (including phenoxy) is 1. The first-order valence-electron chi connectivity index (χ1n) is 5.99. The summed E-state index contributed by atoms with van der Waals surface area (Å²) < 4.78 is 5.08. The molecule has 0 unspecified atom stereocenters. The summed E-state index contributed by atoms with van der Waals surface area (Å²) in [5.41, 5.74) is 1.84. The first-order chi connectivity index (χ1) is 10.0. The number of rotatable bonds is 3. The SMILES string of the molecule is COc1ccc(/C(C#N)=C/c2cc(Cl)c(O)c(Cl)c2)cc1. The zero-order chi connectivity index (χ0) is 15.4. The highest BCUT2D eigenvalue weighted by Gasteiger charge is 2.07. The highest BCUT2D eigenvalue weighted by atomic mass is 35.5. The van der Waals surface area contributed by atoms with Crippen LogP contribution in [0, 0.1) is 11.3 Å². The molecule has 2 aromatic rings. The van der Waals surface area contributed by atoms with Crippen LogP contribution in [0.2, 0.25) is 10.0 Å². The molecule has 5 heteroatoms. The number of benzene rings is 2. The molecule has 0 aliphatic carbocycles. The molecule has 2 aromatic carbocycles. The van der Waals surface area contributed by atoms with Crippen LogP contribution in [0.5, 0.6) is 11.5 Å². The Hall–Kier alpha value is -2.15. The summed E-state index contributed by atoms with van der Waals surface area (Å²) in [6, 6.07) is 12.3. The molecule has 0 aliphatic heterocycles. The Morgan fingerprint density at radius 2 is 1.76 bits per heavy atom. The fraction of sp³-hybridized carbons (Fsp3) is 0.0625. The topological polar surface area (TPSA) is 53.2 Å². The Morgan fingerprint density at radius 1 is 1.19 bits per heavy atom. The molecule has 0 amide bonds. The fourth-order valence-corrected chi connectivity index (χ4v) is 2.29. The summed E-state index contributed by atoms with van der Waals surface area (Å²) in [6.07, 6.45) is 1.65. The van der Waals surface area contributed by atoms with Gasteiger partial charge < -0.3 is 9.84 Å². The van der Waals surface area contributed by atoms with Crippen molar-refractivity contribution in [3.8, 4) is 17.6 Å². The van der Waals surface area contributed by atoms with Crippen molar-refractivity contribution >= 4 is 34.9 Å². The predicted molar refractivity (Wildman–Crippen MR) is 84.6 cm³/mol. The van der Waals surface area contributed by atoms with E-state index in [0.29, 0.717) is 16.9 Å². The van der Waals surface area contributed by atoms with Crippen molar-refractivity contribution in [1.82, 2.24) is 0 Å². The van der Waals surface area contributed by atoms with Crippen molar-refractivity contribution in [3.63, 3.8) is 0 Å². The van der Waals surface area contributed by atoms with Crippen molar-refractivity contribution in [2.75, 3.05) is 7.11 Å². The molecule has 0 bridgehead atoms. The van der Waals surface area contributed by atoms with E-state index in [9.17, 15) is 10.4 Å². The van der Waals surface area contributed by atoms with Crippen LogP contribution in [0.4, 0.5) is 0 Å². The minimum absolute atomic E-state index is 0.140. The van der Waals surface area contributed by atoms with Gasteiger partial charge in [0.25, 0.3) is 0 Å². The average Bonchev–Trinajstić information content (AvgIpc) is 2.50. The first-order valence-corrected chi connectivity index (χ1v) is 6.75. The Morgan fingerprint density at radius 3 is 2.24 bits per heavy atom. The number of hydrogen-bond donors (Lipinski definition) is 1. The van der Waals surface area contributed by atoms with Gasteiger partial charge in [0.2, 0.25) is 0 Å². The van der Waals surface area contributed by atoms with E-state index in [1.54, 1.807) is 49.6 Å². The molecule has 1 N–H and O–H groups in total. The molecule has 0 spiro atoms. The zero-order valence-electron chi connectivity index (χ0n) is 11.1. The van der Waals surface area contributed by atoms with Gasteiger partial charge in [-0.25, -0.2) is 0 Å². The standard InChI is InChI=1S/C16H11Cl2NO2/c1-21-13-4-2-11(3-5-13)12(9-19)6-10-7-14(17)16(20)15(18)8-10/h2-8,20H,1H3/b12-6+. The minimum atomic E-state index is -0.168. The van der Waals surface area contributed by atoms with E-state index < -0.39 is 0 Å². The predicted octanol–water partition coefficient (Wildman–Crippen LogP) is 4.77. The van der Waals surface area contributed by atoms with Crippen LogP contribution in [0.3, 0.4) is 0 Å². The molecular formula is C16H11Cl2NO2. The highest BCUT2D eigenvalue weighted by Crippen LogP contribution is 2.34. The van der Waals surface area contributed by atoms with Gasteiger partial charge in [-0.2, -0.15) is 5.26 Å². The monoisotopic (exact) mass is 319 g/mol. The number of phenolic OH excluding ortho intramolecular Hbond substituents is 1. The summed E-state index contributed by atoms with van der Waals surface area (Å²) in [7, 11) is 1.58. The Balaban J connectivity index is 2.43. The van der Waals surface area contributed by atoms with Crippen LogP contribution in [0.1, 0.15) is 11.1 Å². The summed E-state index contributed by atoms with van der Waals surface area (Å²) in [5, 5.41) is 19.1. The van der Waals surface area contributed by atoms with Crippen molar-refractivity contribution in [2.24, 2.45) is 0 Å². The maximum Gasteiger partial charge on any atom is 0.152 e. The molecule has 0 fully saturated rings. The molecule has 0 atom stereocenters. The third-order valence-corrected chi connectivity index (χ3v) is 3.45. The number of methoxy groups -OCH3 is 1. The second-order valence-electron chi connectivity index (χ2n) is 4.23. The van der Waals surface area contributed by atoms with Crippen molar-refractivity contribution in [3.05, 3.63) is 57.6 Å². The van der Waals surface area contributed by atoms with Crippen molar-refractivity contribution < 1.29 is 9.84 Å². The maximum absolute atomic E-state index is 9.53. The molecule has 0 heterocycles. The van der Waals surface area contributed by atoms with E-state index in [1.807, 2.05) is 0 Å². The lowest BCUT2D eigenvalue weighted by Gasteiger charge is -2.04.